The molecule has 0 radical (unpaired) electrons. The molecule has 1 nitrogen and oxygen atoms in total. The maximum absolute atomic E-state index is 14.2. The van der Waals surface area contributed by atoms with Crippen LogP contribution in [-0.2, 0) is 11.3 Å². The van der Waals surface area contributed by atoms with Crippen LogP contribution >= 0.6 is 0 Å². The molecule has 0 aromatic heterocycles. The summed E-state index contributed by atoms with van der Waals surface area (Å²) in [4.78, 5) is 0. The van der Waals surface area contributed by atoms with Gasteiger partial charge in [0.1, 0.15) is 5.82 Å². The number of allylic oxidation sites excluding steroid dienone is 2. The number of hydrogen-bond donors (Lipinski definition) is 0. The zero-order chi connectivity index (χ0) is 17.6. The van der Waals surface area contributed by atoms with E-state index in [0.29, 0.717) is 18.1 Å². The highest BCUT2D eigenvalue weighted by Crippen LogP contribution is 2.44. The molecule has 2 saturated carbocycles. The van der Waals surface area contributed by atoms with Crippen LogP contribution in [0.2, 0.25) is 0 Å². The highest BCUT2D eigenvalue weighted by molar-refractivity contribution is 5.27. The Balaban J connectivity index is 1.51. The fraction of sp³-hybridized carbons (Fsp3) is 0.652. The van der Waals surface area contributed by atoms with Crippen molar-refractivity contribution in [3.05, 3.63) is 47.3 Å². The number of benzene rings is 1. The lowest BCUT2D eigenvalue weighted by Crippen LogP contribution is -2.25. The van der Waals surface area contributed by atoms with Gasteiger partial charge in [0.25, 0.3) is 0 Å². The third kappa shape index (κ3) is 4.73. The molecule has 0 heterocycles. The molecule has 0 unspecified atom stereocenters. The third-order valence-corrected chi connectivity index (χ3v) is 6.57. The smallest absolute Gasteiger partial charge is 0.129 e. The fourth-order valence-corrected chi connectivity index (χ4v) is 5.09. The summed E-state index contributed by atoms with van der Waals surface area (Å²) >= 11 is 0. The molecule has 25 heavy (non-hydrogen) atoms. The second-order valence-corrected chi connectivity index (χ2v) is 8.10. The minimum atomic E-state index is -0.108. The zero-order valence-electron chi connectivity index (χ0n) is 15.8. The Labute approximate surface area is 152 Å². The van der Waals surface area contributed by atoms with Crippen LogP contribution in [0.4, 0.5) is 4.39 Å². The molecule has 2 aliphatic rings. The summed E-state index contributed by atoms with van der Waals surface area (Å²) in [5.41, 5.74) is 1.85. The molecule has 138 valence electrons. The van der Waals surface area contributed by atoms with Gasteiger partial charge in [-0.3, -0.25) is 0 Å². The first-order chi connectivity index (χ1) is 12.2. The molecular weight excluding hydrogens is 311 g/mol. The van der Waals surface area contributed by atoms with Crippen LogP contribution in [-0.4, -0.2) is 7.11 Å². The average Bonchev–Trinajstić information content (AvgIpc) is 2.65. The molecule has 1 aromatic carbocycles. The predicted octanol–water partition coefficient (Wildman–Crippen LogP) is 6.63. The van der Waals surface area contributed by atoms with Crippen molar-refractivity contribution in [2.24, 2.45) is 17.8 Å². The Hall–Kier alpha value is -1.15. The number of hydrogen-bond acceptors (Lipinski definition) is 1. The lowest BCUT2D eigenvalue weighted by molar-refractivity contribution is 0.171. The van der Waals surface area contributed by atoms with Crippen LogP contribution in [0, 0.1) is 23.6 Å². The minimum Gasteiger partial charge on any atom is -0.380 e. The SMILES string of the molecule is C/C=C/C1CCC(C2CCC(c3ccc(COC)c(F)c3)CC2)CC1. The molecule has 0 saturated heterocycles. The maximum atomic E-state index is 14.2. The topological polar surface area (TPSA) is 9.23 Å². The summed E-state index contributed by atoms with van der Waals surface area (Å²) in [5, 5.41) is 0. The molecule has 2 fully saturated rings. The molecule has 0 aliphatic heterocycles. The van der Waals surface area contributed by atoms with E-state index in [2.05, 4.69) is 25.1 Å². The summed E-state index contributed by atoms with van der Waals surface area (Å²) in [7, 11) is 1.61. The van der Waals surface area contributed by atoms with Gasteiger partial charge < -0.3 is 4.74 Å². The summed E-state index contributed by atoms with van der Waals surface area (Å²) in [5.74, 6) is 3.10. The van der Waals surface area contributed by atoms with E-state index in [4.69, 9.17) is 4.74 Å². The first-order valence-corrected chi connectivity index (χ1v) is 10.1. The van der Waals surface area contributed by atoms with Crippen molar-refractivity contribution in [2.45, 2.75) is 70.8 Å². The van der Waals surface area contributed by atoms with Crippen LogP contribution in [0.15, 0.2) is 30.4 Å². The summed E-state index contributed by atoms with van der Waals surface area (Å²) < 4.78 is 19.2. The van der Waals surface area contributed by atoms with Gasteiger partial charge >= 0.3 is 0 Å². The molecular formula is C23H33FO. The van der Waals surface area contributed by atoms with Gasteiger partial charge in [0, 0.05) is 12.7 Å². The number of ether oxygens (including phenoxy) is 1. The summed E-state index contributed by atoms with van der Waals surface area (Å²) in [6.45, 7) is 2.49. The third-order valence-electron chi connectivity index (χ3n) is 6.57. The number of methoxy groups -OCH3 is 1. The quantitative estimate of drug-likeness (QED) is 0.545. The second-order valence-electron chi connectivity index (χ2n) is 8.10. The Morgan fingerprint density at radius 2 is 1.64 bits per heavy atom. The van der Waals surface area contributed by atoms with Crippen LogP contribution < -0.4 is 0 Å². The lowest BCUT2D eigenvalue weighted by Gasteiger charge is -2.37. The second kappa shape index (κ2) is 8.98. The van der Waals surface area contributed by atoms with E-state index < -0.39 is 0 Å². The summed E-state index contributed by atoms with van der Waals surface area (Å²) in [6, 6.07) is 5.77. The van der Waals surface area contributed by atoms with E-state index in [0.717, 1.165) is 17.8 Å². The number of halogens is 1. The van der Waals surface area contributed by atoms with E-state index in [1.54, 1.807) is 13.2 Å². The van der Waals surface area contributed by atoms with E-state index >= 15 is 0 Å². The van der Waals surface area contributed by atoms with E-state index in [1.807, 2.05) is 6.07 Å². The Morgan fingerprint density at radius 3 is 2.20 bits per heavy atom. The van der Waals surface area contributed by atoms with E-state index in [-0.39, 0.29) is 5.82 Å². The zero-order valence-corrected chi connectivity index (χ0v) is 15.8. The molecule has 0 amide bonds. The Bertz CT molecular complexity index is 563. The highest BCUT2D eigenvalue weighted by Gasteiger charge is 2.30. The first-order valence-electron chi connectivity index (χ1n) is 10.1. The van der Waals surface area contributed by atoms with Crippen LogP contribution in [0.1, 0.15) is 75.3 Å². The van der Waals surface area contributed by atoms with E-state index in [9.17, 15) is 4.39 Å². The van der Waals surface area contributed by atoms with Crippen molar-refractivity contribution in [1.29, 1.82) is 0 Å². The number of rotatable bonds is 5. The Morgan fingerprint density at radius 1 is 1.00 bits per heavy atom. The monoisotopic (exact) mass is 344 g/mol. The molecule has 2 heteroatoms. The molecule has 2 aliphatic carbocycles. The van der Waals surface area contributed by atoms with Crippen molar-refractivity contribution in [2.75, 3.05) is 7.11 Å². The fourth-order valence-electron chi connectivity index (χ4n) is 5.09. The van der Waals surface area contributed by atoms with Crippen LogP contribution in [0.5, 0.6) is 0 Å². The molecule has 0 N–H and O–H groups in total. The summed E-state index contributed by atoms with van der Waals surface area (Å²) in [6.07, 6.45) is 15.3. The van der Waals surface area contributed by atoms with Crippen LogP contribution in [0.25, 0.3) is 0 Å². The predicted molar refractivity (Wildman–Crippen MR) is 102 cm³/mol. The molecule has 1 aromatic rings. The van der Waals surface area contributed by atoms with Gasteiger partial charge in [0.2, 0.25) is 0 Å². The van der Waals surface area contributed by atoms with Crippen molar-refractivity contribution in [3.8, 4) is 0 Å². The molecule has 0 spiro atoms. The van der Waals surface area contributed by atoms with Gasteiger partial charge in [0.05, 0.1) is 6.61 Å². The molecule has 0 bridgehead atoms. The molecule has 3 rings (SSSR count). The first kappa shape index (κ1) is 18.6. The minimum absolute atomic E-state index is 0.108. The lowest BCUT2D eigenvalue weighted by atomic mass is 9.68. The Kier molecular flexibility index (Phi) is 6.70. The van der Waals surface area contributed by atoms with E-state index in [1.165, 1.54) is 56.9 Å². The van der Waals surface area contributed by atoms with Crippen molar-refractivity contribution in [1.82, 2.24) is 0 Å². The van der Waals surface area contributed by atoms with Crippen LogP contribution in [0.3, 0.4) is 0 Å². The van der Waals surface area contributed by atoms with Gasteiger partial charge in [-0.15, -0.1) is 0 Å². The van der Waals surface area contributed by atoms with Gasteiger partial charge in [-0.25, -0.2) is 4.39 Å². The molecule has 0 atom stereocenters. The van der Waals surface area contributed by atoms with Gasteiger partial charge in [-0.1, -0.05) is 24.3 Å². The van der Waals surface area contributed by atoms with Crippen molar-refractivity contribution in [3.63, 3.8) is 0 Å². The van der Waals surface area contributed by atoms with Crippen molar-refractivity contribution >= 4 is 0 Å². The largest absolute Gasteiger partial charge is 0.380 e. The highest BCUT2D eigenvalue weighted by atomic mass is 19.1. The standard InChI is InChI=1S/C23H33FO/c1-3-4-17-5-7-18(8-6-17)19-9-11-20(12-10-19)21-13-14-22(16-25-2)23(24)15-21/h3-4,13-15,17-20H,5-12,16H2,1-2H3/b4-3+. The normalized spacial score (nSPS) is 30.7. The van der Waals surface area contributed by atoms with Gasteiger partial charge in [0.15, 0.2) is 0 Å². The van der Waals surface area contributed by atoms with Crippen molar-refractivity contribution < 1.29 is 9.13 Å². The maximum Gasteiger partial charge on any atom is 0.129 e. The van der Waals surface area contributed by atoms with Gasteiger partial charge in [-0.2, -0.15) is 0 Å². The van der Waals surface area contributed by atoms with Gasteiger partial charge in [-0.05, 0) is 93.6 Å². The average molecular weight is 345 g/mol.